The van der Waals surface area contributed by atoms with E-state index in [1.54, 1.807) is 0 Å². The maximum absolute atomic E-state index is 11.7. The number of aliphatic carboxylic acids is 1. The van der Waals surface area contributed by atoms with Crippen LogP contribution in [0.3, 0.4) is 0 Å². The minimum absolute atomic E-state index is 0.139. The smallest absolute Gasteiger partial charge is 0.303 e. The first-order chi connectivity index (χ1) is 14.8. The molecule has 0 radical (unpaired) electrons. The topological polar surface area (TPSA) is 54.4 Å². The molecule has 0 saturated heterocycles. The van der Waals surface area contributed by atoms with Crippen LogP contribution >= 0.6 is 0 Å². The van der Waals surface area contributed by atoms with Gasteiger partial charge in [-0.05, 0) is 12.8 Å². The molecule has 0 fully saturated rings. The van der Waals surface area contributed by atoms with E-state index in [1.807, 2.05) is 20.8 Å². The molecular formula is C28H56O3. The van der Waals surface area contributed by atoms with Crippen LogP contribution in [0.2, 0.25) is 0 Å². The third kappa shape index (κ3) is 29.1. The summed E-state index contributed by atoms with van der Waals surface area (Å²) in [6, 6.07) is 0. The van der Waals surface area contributed by atoms with Crippen molar-refractivity contribution in [3.05, 3.63) is 0 Å². The van der Waals surface area contributed by atoms with Crippen LogP contribution in [0.4, 0.5) is 0 Å². The Kier molecular flexibility index (Phi) is 24.8. The number of unbranched alkanes of at least 4 members (excludes halogenated alkanes) is 16. The quantitative estimate of drug-likeness (QED) is 0.192. The maximum Gasteiger partial charge on any atom is 0.303 e. The van der Waals surface area contributed by atoms with Crippen molar-refractivity contribution in [2.75, 3.05) is 0 Å². The van der Waals surface area contributed by atoms with Crippen molar-refractivity contribution < 1.29 is 14.7 Å². The zero-order chi connectivity index (χ0) is 23.8. The van der Waals surface area contributed by atoms with E-state index in [-0.39, 0.29) is 5.41 Å². The minimum Gasteiger partial charge on any atom is -0.481 e. The van der Waals surface area contributed by atoms with Gasteiger partial charge in [-0.1, -0.05) is 137 Å². The van der Waals surface area contributed by atoms with Crippen LogP contribution in [-0.2, 0) is 9.59 Å². The molecule has 0 rings (SSSR count). The van der Waals surface area contributed by atoms with Gasteiger partial charge in [0.1, 0.15) is 5.78 Å². The summed E-state index contributed by atoms with van der Waals surface area (Å²) in [5, 5.41) is 8.41. The average molecular weight is 441 g/mol. The Labute approximate surface area is 195 Å². The van der Waals surface area contributed by atoms with Gasteiger partial charge in [-0.2, -0.15) is 0 Å². The standard InChI is InChI=1S/C16H32O.C12H24O2/c1-5-6-7-8-9-10-11-12-13-14-15(17)16(2,3)4;1-2-3-4-5-6-7-8-9-10-11-12(13)14/h5-14H2,1-4H3;2-11H2,1H3,(H,13,14). The Morgan fingerprint density at radius 1 is 0.516 bits per heavy atom. The zero-order valence-electron chi connectivity index (χ0n) is 21.9. The number of hydrogen-bond donors (Lipinski definition) is 1. The lowest BCUT2D eigenvalue weighted by Crippen LogP contribution is -2.19. The van der Waals surface area contributed by atoms with Gasteiger partial charge in [0.2, 0.25) is 0 Å². The van der Waals surface area contributed by atoms with Crippen LogP contribution in [0.25, 0.3) is 0 Å². The largest absolute Gasteiger partial charge is 0.481 e. The normalized spacial score (nSPS) is 11.1. The van der Waals surface area contributed by atoms with Crippen LogP contribution < -0.4 is 0 Å². The molecule has 186 valence electrons. The number of carbonyl (C=O) groups is 2. The van der Waals surface area contributed by atoms with E-state index < -0.39 is 5.97 Å². The van der Waals surface area contributed by atoms with E-state index in [2.05, 4.69) is 13.8 Å². The monoisotopic (exact) mass is 440 g/mol. The summed E-state index contributed by atoms with van der Waals surface area (Å²) >= 11 is 0. The van der Waals surface area contributed by atoms with E-state index in [1.165, 1.54) is 96.3 Å². The molecule has 0 aliphatic heterocycles. The fourth-order valence-corrected chi connectivity index (χ4v) is 3.56. The molecule has 0 saturated carbocycles. The molecule has 0 heterocycles. The summed E-state index contributed by atoms with van der Waals surface area (Å²) in [4.78, 5) is 21.9. The molecule has 0 aromatic carbocycles. The van der Waals surface area contributed by atoms with Gasteiger partial charge in [0.25, 0.3) is 0 Å². The Bertz CT molecular complexity index is 396. The molecule has 0 unspecified atom stereocenters. The van der Waals surface area contributed by atoms with Crippen LogP contribution in [-0.4, -0.2) is 16.9 Å². The van der Waals surface area contributed by atoms with Crippen molar-refractivity contribution in [1.82, 2.24) is 0 Å². The van der Waals surface area contributed by atoms with E-state index in [9.17, 15) is 9.59 Å². The first-order valence-corrected chi connectivity index (χ1v) is 13.5. The summed E-state index contributed by atoms with van der Waals surface area (Å²) in [6.45, 7) is 10.5. The molecule has 0 amide bonds. The van der Waals surface area contributed by atoms with Gasteiger partial charge in [0, 0.05) is 18.3 Å². The van der Waals surface area contributed by atoms with Crippen molar-refractivity contribution in [3.63, 3.8) is 0 Å². The molecule has 0 aliphatic rings. The molecule has 3 nitrogen and oxygen atoms in total. The summed E-state index contributed by atoms with van der Waals surface area (Å²) < 4.78 is 0. The number of rotatable bonds is 20. The molecule has 31 heavy (non-hydrogen) atoms. The number of hydrogen-bond acceptors (Lipinski definition) is 2. The van der Waals surface area contributed by atoms with Gasteiger partial charge in [0.05, 0.1) is 0 Å². The van der Waals surface area contributed by atoms with E-state index in [0.717, 1.165) is 25.7 Å². The second-order valence-corrected chi connectivity index (χ2v) is 10.2. The molecule has 0 bridgehead atoms. The minimum atomic E-state index is -0.659. The second kappa shape index (κ2) is 23.8. The highest BCUT2D eigenvalue weighted by Gasteiger charge is 2.19. The number of carboxylic acid groups (broad SMARTS) is 1. The molecule has 0 aromatic heterocycles. The third-order valence-corrected chi connectivity index (χ3v) is 5.84. The van der Waals surface area contributed by atoms with Crippen molar-refractivity contribution in [2.45, 2.75) is 163 Å². The van der Waals surface area contributed by atoms with E-state index >= 15 is 0 Å². The predicted octanol–water partition coefficient (Wildman–Crippen LogP) is 9.51. The lowest BCUT2D eigenvalue weighted by molar-refractivity contribution is -0.137. The molecular weight excluding hydrogens is 384 g/mol. The third-order valence-electron chi connectivity index (χ3n) is 5.84. The second-order valence-electron chi connectivity index (χ2n) is 10.2. The first kappa shape index (κ1) is 32.3. The first-order valence-electron chi connectivity index (χ1n) is 13.5. The SMILES string of the molecule is CCCCCCCCCCCC(=O)C(C)(C)C.CCCCCCCCCCCC(=O)O. The van der Waals surface area contributed by atoms with Crippen molar-refractivity contribution in [2.24, 2.45) is 5.41 Å². The van der Waals surface area contributed by atoms with Gasteiger partial charge < -0.3 is 5.11 Å². The lowest BCUT2D eigenvalue weighted by Gasteiger charge is -2.16. The highest BCUT2D eigenvalue weighted by Crippen LogP contribution is 2.19. The summed E-state index contributed by atoms with van der Waals surface area (Å²) in [5.41, 5.74) is -0.139. The maximum atomic E-state index is 11.7. The van der Waals surface area contributed by atoms with Crippen molar-refractivity contribution in [1.29, 1.82) is 0 Å². The number of ketones is 1. The Hall–Kier alpha value is -0.860. The zero-order valence-corrected chi connectivity index (χ0v) is 21.9. The number of carbonyl (C=O) groups excluding carboxylic acids is 1. The molecule has 3 heteroatoms. The van der Waals surface area contributed by atoms with Crippen LogP contribution in [0.15, 0.2) is 0 Å². The van der Waals surface area contributed by atoms with Gasteiger partial charge in [-0.25, -0.2) is 0 Å². The van der Waals surface area contributed by atoms with Crippen LogP contribution in [0.1, 0.15) is 163 Å². The van der Waals surface area contributed by atoms with Gasteiger partial charge in [-0.3, -0.25) is 9.59 Å². The number of Topliss-reactive ketones (excluding diaryl/α,β-unsaturated/α-hetero) is 1. The van der Waals surface area contributed by atoms with Crippen LogP contribution in [0, 0.1) is 5.41 Å². The lowest BCUT2D eigenvalue weighted by atomic mass is 9.88. The molecule has 0 spiro atoms. The van der Waals surface area contributed by atoms with Gasteiger partial charge >= 0.3 is 5.97 Å². The summed E-state index contributed by atoms with van der Waals surface area (Å²) in [6.07, 6.45) is 24.1. The van der Waals surface area contributed by atoms with E-state index in [4.69, 9.17) is 5.11 Å². The molecule has 1 N–H and O–H groups in total. The van der Waals surface area contributed by atoms with Gasteiger partial charge in [-0.15, -0.1) is 0 Å². The molecule has 0 atom stereocenters. The van der Waals surface area contributed by atoms with Crippen molar-refractivity contribution in [3.8, 4) is 0 Å². The highest BCUT2D eigenvalue weighted by atomic mass is 16.4. The molecule has 0 aromatic rings. The van der Waals surface area contributed by atoms with E-state index in [0.29, 0.717) is 12.2 Å². The fraction of sp³-hybridized carbons (Fsp3) is 0.929. The Morgan fingerprint density at radius 2 is 0.806 bits per heavy atom. The summed E-state index contributed by atoms with van der Waals surface area (Å²) in [5.74, 6) is -0.242. The van der Waals surface area contributed by atoms with Crippen molar-refractivity contribution >= 4 is 11.8 Å². The predicted molar refractivity (Wildman–Crippen MR) is 136 cm³/mol. The Morgan fingerprint density at radius 3 is 1.10 bits per heavy atom. The van der Waals surface area contributed by atoms with Crippen LogP contribution in [0.5, 0.6) is 0 Å². The van der Waals surface area contributed by atoms with Gasteiger partial charge in [0.15, 0.2) is 0 Å². The number of carboxylic acids is 1. The highest BCUT2D eigenvalue weighted by molar-refractivity contribution is 5.83. The summed E-state index contributed by atoms with van der Waals surface area (Å²) in [7, 11) is 0. The fourth-order valence-electron chi connectivity index (χ4n) is 3.56. The Balaban J connectivity index is 0. The average Bonchev–Trinajstić information content (AvgIpc) is 2.70. The molecule has 0 aliphatic carbocycles.